The second-order valence-corrected chi connectivity index (χ2v) is 6.25. The van der Waals surface area contributed by atoms with E-state index in [-0.39, 0.29) is 30.2 Å². The molecule has 1 aliphatic heterocycles. The van der Waals surface area contributed by atoms with E-state index in [1.54, 1.807) is 0 Å². The van der Waals surface area contributed by atoms with Crippen LogP contribution in [0.15, 0.2) is 64.6 Å². The summed E-state index contributed by atoms with van der Waals surface area (Å²) in [7, 11) is 0. The highest BCUT2D eigenvalue weighted by Gasteiger charge is 2.28. The maximum atomic E-state index is 12.2. The van der Waals surface area contributed by atoms with Gasteiger partial charge in [-0.15, -0.1) is 0 Å². The van der Waals surface area contributed by atoms with E-state index in [0.29, 0.717) is 5.69 Å². The number of hydrogen-bond donors (Lipinski definition) is 4. The molecule has 0 spiro atoms. The number of amides is 2. The Morgan fingerprint density at radius 2 is 1.79 bits per heavy atom. The number of rotatable bonds is 5. The maximum Gasteiger partial charge on any atom is 0.252 e. The summed E-state index contributed by atoms with van der Waals surface area (Å²) in [5, 5.41) is 8.19. The summed E-state index contributed by atoms with van der Waals surface area (Å²) in [5.74, 6) is -0.515. The summed E-state index contributed by atoms with van der Waals surface area (Å²) in [6, 6.07) is 16.0. The first-order valence-electron chi connectivity index (χ1n) is 8.97. The molecule has 0 saturated carbocycles. The van der Waals surface area contributed by atoms with Crippen LogP contribution in [0.3, 0.4) is 0 Å². The third kappa shape index (κ3) is 5.16. The first kappa shape index (κ1) is 19.1. The maximum absolute atomic E-state index is 12.2. The average Bonchev–Trinajstić information content (AvgIpc) is 3.01. The number of nitrogens with zero attached hydrogens (tertiary/aromatic N) is 2. The summed E-state index contributed by atoms with van der Waals surface area (Å²) in [5.41, 5.74) is 8.46. The normalized spacial score (nSPS) is 16.3. The van der Waals surface area contributed by atoms with Crippen LogP contribution >= 0.6 is 0 Å². The lowest BCUT2D eigenvalue weighted by atomic mass is 10.1. The van der Waals surface area contributed by atoms with Gasteiger partial charge in [-0.25, -0.2) is 4.99 Å². The molecule has 8 nitrogen and oxygen atoms in total. The number of guanidine groups is 2. The molecule has 5 N–H and O–H groups in total. The lowest BCUT2D eigenvalue weighted by Crippen LogP contribution is -2.32. The third-order valence-electron chi connectivity index (χ3n) is 4.11. The standard InChI is InChI=1S/C20H22N6O2/c1-2-13-8-10-15(11-9-13)22-17(27)12-16-18(28)25-20(24-16)26-19(21)23-14-6-4-3-5-7-14/h3-11,16H,2,12H2,1H3,(H,22,27)(H4,21,23,24,25,26,28)/t16-/m0/s1. The summed E-state index contributed by atoms with van der Waals surface area (Å²) >= 11 is 0. The van der Waals surface area contributed by atoms with Crippen molar-refractivity contribution in [1.29, 1.82) is 0 Å². The number of aliphatic imine (C=N–C) groups is 2. The molecule has 28 heavy (non-hydrogen) atoms. The number of nitrogens with one attached hydrogen (secondary N) is 3. The monoisotopic (exact) mass is 378 g/mol. The molecule has 1 heterocycles. The molecular formula is C20H22N6O2. The average molecular weight is 378 g/mol. The van der Waals surface area contributed by atoms with Gasteiger partial charge in [0, 0.05) is 11.4 Å². The van der Waals surface area contributed by atoms with E-state index < -0.39 is 6.04 Å². The predicted molar refractivity (Wildman–Crippen MR) is 110 cm³/mol. The molecule has 2 amide bonds. The number of hydrogen-bond acceptors (Lipinski definition) is 4. The molecule has 0 fully saturated rings. The van der Waals surface area contributed by atoms with E-state index in [9.17, 15) is 9.59 Å². The summed E-state index contributed by atoms with van der Waals surface area (Å²) in [6.07, 6.45) is 0.850. The number of para-hydroxylation sites is 1. The Morgan fingerprint density at radius 1 is 1.11 bits per heavy atom. The molecule has 2 aromatic carbocycles. The Labute approximate surface area is 163 Å². The van der Waals surface area contributed by atoms with Crippen LogP contribution < -0.4 is 21.7 Å². The highest BCUT2D eigenvalue weighted by Crippen LogP contribution is 2.13. The van der Waals surface area contributed by atoms with Gasteiger partial charge in [0.25, 0.3) is 5.91 Å². The van der Waals surface area contributed by atoms with Crippen molar-refractivity contribution in [3.05, 3.63) is 60.2 Å². The van der Waals surface area contributed by atoms with Gasteiger partial charge in [0.1, 0.15) is 6.04 Å². The second-order valence-electron chi connectivity index (χ2n) is 6.25. The van der Waals surface area contributed by atoms with E-state index in [1.165, 1.54) is 5.56 Å². The van der Waals surface area contributed by atoms with Crippen LogP contribution in [0.2, 0.25) is 0 Å². The molecule has 0 aliphatic carbocycles. The SMILES string of the molecule is CCc1ccc(NC(=O)C[C@@H]2N=C(N=C(N)Nc3ccccc3)NC2=O)cc1. The Balaban J connectivity index is 1.58. The number of carbonyl (C=O) groups is 2. The van der Waals surface area contributed by atoms with Crippen molar-refractivity contribution >= 4 is 35.1 Å². The molecule has 8 heteroatoms. The second kappa shape index (κ2) is 8.81. The van der Waals surface area contributed by atoms with Gasteiger partial charge in [0.2, 0.25) is 17.8 Å². The van der Waals surface area contributed by atoms with Crippen molar-refractivity contribution < 1.29 is 9.59 Å². The van der Waals surface area contributed by atoms with Gasteiger partial charge in [-0.3, -0.25) is 14.9 Å². The van der Waals surface area contributed by atoms with E-state index in [0.717, 1.165) is 12.1 Å². The van der Waals surface area contributed by atoms with E-state index in [4.69, 9.17) is 5.73 Å². The lowest BCUT2D eigenvalue weighted by Gasteiger charge is -2.07. The van der Waals surface area contributed by atoms with Crippen LogP contribution in [0.4, 0.5) is 11.4 Å². The van der Waals surface area contributed by atoms with Crippen LogP contribution in [0.1, 0.15) is 18.9 Å². The van der Waals surface area contributed by atoms with E-state index in [1.807, 2.05) is 54.6 Å². The van der Waals surface area contributed by atoms with Crippen LogP contribution in [0.25, 0.3) is 0 Å². The first-order chi connectivity index (χ1) is 13.5. The minimum Gasteiger partial charge on any atom is -0.369 e. The summed E-state index contributed by atoms with van der Waals surface area (Å²) in [4.78, 5) is 32.5. The minimum absolute atomic E-state index is 0.0770. The zero-order chi connectivity index (χ0) is 19.9. The quantitative estimate of drug-likeness (QED) is 0.469. The van der Waals surface area contributed by atoms with E-state index in [2.05, 4.69) is 32.9 Å². The topological polar surface area (TPSA) is 121 Å². The molecule has 0 bridgehead atoms. The fourth-order valence-corrected chi connectivity index (χ4v) is 2.65. The number of aryl methyl sites for hydroxylation is 1. The zero-order valence-electron chi connectivity index (χ0n) is 15.5. The molecule has 0 unspecified atom stereocenters. The lowest BCUT2D eigenvalue weighted by molar-refractivity contribution is -0.123. The van der Waals surface area contributed by atoms with Crippen molar-refractivity contribution in [1.82, 2.24) is 5.32 Å². The largest absolute Gasteiger partial charge is 0.369 e. The van der Waals surface area contributed by atoms with Gasteiger partial charge < -0.3 is 16.4 Å². The summed E-state index contributed by atoms with van der Waals surface area (Å²) in [6.45, 7) is 2.06. The molecule has 0 radical (unpaired) electrons. The first-order valence-corrected chi connectivity index (χ1v) is 8.97. The van der Waals surface area contributed by atoms with Crippen LogP contribution in [0, 0.1) is 0 Å². The van der Waals surface area contributed by atoms with Crippen LogP contribution in [0.5, 0.6) is 0 Å². The smallest absolute Gasteiger partial charge is 0.252 e. The molecular weight excluding hydrogens is 356 g/mol. The molecule has 0 saturated heterocycles. The number of anilines is 2. The van der Waals surface area contributed by atoms with Gasteiger partial charge in [0.05, 0.1) is 6.42 Å². The van der Waals surface area contributed by atoms with Gasteiger partial charge in [-0.1, -0.05) is 37.3 Å². The van der Waals surface area contributed by atoms with Crippen molar-refractivity contribution in [3.8, 4) is 0 Å². The predicted octanol–water partition coefficient (Wildman–Crippen LogP) is 1.86. The van der Waals surface area contributed by atoms with Crippen molar-refractivity contribution in [2.75, 3.05) is 10.6 Å². The Morgan fingerprint density at radius 3 is 2.46 bits per heavy atom. The van der Waals surface area contributed by atoms with Crippen LogP contribution in [-0.4, -0.2) is 29.8 Å². The minimum atomic E-state index is -0.835. The van der Waals surface area contributed by atoms with Crippen molar-refractivity contribution in [2.24, 2.45) is 15.7 Å². The molecule has 2 aromatic rings. The highest BCUT2D eigenvalue weighted by molar-refractivity contribution is 6.11. The molecule has 1 aliphatic rings. The fourth-order valence-electron chi connectivity index (χ4n) is 2.65. The number of nitrogens with two attached hydrogens (primary N) is 1. The number of carbonyl (C=O) groups excluding carboxylic acids is 2. The van der Waals surface area contributed by atoms with Gasteiger partial charge in [0.15, 0.2) is 0 Å². The molecule has 144 valence electrons. The Hall–Kier alpha value is -3.68. The number of benzene rings is 2. The molecule has 3 rings (SSSR count). The van der Waals surface area contributed by atoms with Crippen molar-refractivity contribution in [3.63, 3.8) is 0 Å². The highest BCUT2D eigenvalue weighted by atomic mass is 16.2. The van der Waals surface area contributed by atoms with Crippen LogP contribution in [-0.2, 0) is 16.0 Å². The van der Waals surface area contributed by atoms with Gasteiger partial charge in [-0.2, -0.15) is 4.99 Å². The Bertz CT molecular complexity index is 906. The van der Waals surface area contributed by atoms with Gasteiger partial charge >= 0.3 is 0 Å². The molecule has 0 aromatic heterocycles. The molecule has 1 atom stereocenters. The van der Waals surface area contributed by atoms with Crippen molar-refractivity contribution in [2.45, 2.75) is 25.8 Å². The Kier molecular flexibility index (Phi) is 6.01. The zero-order valence-corrected chi connectivity index (χ0v) is 15.5. The van der Waals surface area contributed by atoms with Gasteiger partial charge in [-0.05, 0) is 36.2 Å². The van der Waals surface area contributed by atoms with E-state index >= 15 is 0 Å². The third-order valence-corrected chi connectivity index (χ3v) is 4.11. The summed E-state index contributed by atoms with van der Waals surface area (Å²) < 4.78 is 0. The fraction of sp³-hybridized carbons (Fsp3) is 0.200.